The van der Waals surface area contributed by atoms with Crippen molar-refractivity contribution in [2.24, 2.45) is 0 Å². The lowest BCUT2D eigenvalue weighted by molar-refractivity contribution is -0.0199. The third-order valence-corrected chi connectivity index (χ3v) is 4.88. The van der Waals surface area contributed by atoms with Crippen LogP contribution in [-0.4, -0.2) is 52.2 Å². The van der Waals surface area contributed by atoms with Crippen molar-refractivity contribution in [1.29, 1.82) is 0 Å². The van der Waals surface area contributed by atoms with Gasteiger partial charge in [-0.3, -0.25) is 0 Å². The third kappa shape index (κ3) is 15.8. The fourth-order valence-electron chi connectivity index (χ4n) is 3.25. The van der Waals surface area contributed by atoms with Gasteiger partial charge < -0.3 is 19.5 Å². The van der Waals surface area contributed by atoms with Crippen molar-refractivity contribution in [3.63, 3.8) is 0 Å². The number of nitrogens with one attached hydrogen (secondary N) is 1. The van der Waals surface area contributed by atoms with Crippen LogP contribution in [0.3, 0.4) is 0 Å². The van der Waals surface area contributed by atoms with Gasteiger partial charge in [0.1, 0.15) is 0 Å². The van der Waals surface area contributed by atoms with Gasteiger partial charge in [0.2, 0.25) is 0 Å². The molecule has 0 aromatic rings. The first-order valence-corrected chi connectivity index (χ1v) is 10.9. The van der Waals surface area contributed by atoms with E-state index < -0.39 is 0 Å². The van der Waals surface area contributed by atoms with Crippen LogP contribution in [0.15, 0.2) is 0 Å². The van der Waals surface area contributed by atoms with Crippen LogP contribution >= 0.6 is 0 Å². The van der Waals surface area contributed by atoms with Crippen LogP contribution in [0.25, 0.3) is 0 Å². The highest BCUT2D eigenvalue weighted by Gasteiger charge is 2.12. The number of unbranched alkanes of at least 4 members (excludes halogenated alkanes) is 9. The topological polar surface area (TPSA) is 39.7 Å². The molecule has 0 aliphatic carbocycles. The Bertz CT molecular complexity index is 258. The van der Waals surface area contributed by atoms with Crippen LogP contribution in [0.4, 0.5) is 0 Å². The number of hydrogen-bond donors (Lipinski definition) is 1. The molecule has 1 fully saturated rings. The lowest BCUT2D eigenvalue weighted by Crippen LogP contribution is -2.33. The lowest BCUT2D eigenvalue weighted by atomic mass is 10.1. The number of hydrogen-bond acceptors (Lipinski definition) is 4. The van der Waals surface area contributed by atoms with E-state index in [0.29, 0.717) is 32.5 Å². The highest BCUT2D eigenvalue weighted by atomic mass is 16.5. The molecule has 25 heavy (non-hydrogen) atoms. The van der Waals surface area contributed by atoms with Gasteiger partial charge in [0, 0.05) is 6.61 Å². The highest BCUT2D eigenvalue weighted by Crippen LogP contribution is 2.10. The van der Waals surface area contributed by atoms with E-state index in [-0.39, 0.29) is 0 Å². The van der Waals surface area contributed by atoms with E-state index in [9.17, 15) is 0 Å². The van der Waals surface area contributed by atoms with Gasteiger partial charge in [-0.25, -0.2) is 0 Å². The second kappa shape index (κ2) is 18.6. The minimum Gasteiger partial charge on any atom is -0.379 e. The van der Waals surface area contributed by atoms with Gasteiger partial charge >= 0.3 is 0 Å². The molecule has 1 N–H and O–H groups in total. The standard InChI is InChI=1S/C21H43NO3/c1-2-3-4-5-6-7-8-9-10-11-16-23-17-18-24-19-20-25-21-12-14-22-15-13-21/h21-22H,2-20H2,1H3. The van der Waals surface area contributed by atoms with E-state index in [1.807, 2.05) is 0 Å². The first-order chi connectivity index (χ1) is 12.4. The van der Waals surface area contributed by atoms with Crippen LogP contribution in [0, 0.1) is 0 Å². The van der Waals surface area contributed by atoms with Gasteiger partial charge in [0.15, 0.2) is 0 Å². The Morgan fingerprint density at radius 3 is 1.80 bits per heavy atom. The first kappa shape index (κ1) is 22.9. The summed E-state index contributed by atoms with van der Waals surface area (Å²) in [7, 11) is 0. The summed E-state index contributed by atoms with van der Waals surface area (Å²) in [6.07, 6.45) is 16.4. The van der Waals surface area contributed by atoms with Gasteiger partial charge in [0.25, 0.3) is 0 Å². The van der Waals surface area contributed by atoms with Gasteiger partial charge in [-0.2, -0.15) is 0 Å². The van der Waals surface area contributed by atoms with E-state index in [4.69, 9.17) is 14.2 Å². The molecule has 0 spiro atoms. The maximum Gasteiger partial charge on any atom is 0.0704 e. The van der Waals surface area contributed by atoms with Crippen molar-refractivity contribution in [3.05, 3.63) is 0 Å². The average molecular weight is 358 g/mol. The monoisotopic (exact) mass is 357 g/mol. The van der Waals surface area contributed by atoms with Crippen LogP contribution in [0.5, 0.6) is 0 Å². The molecule has 1 heterocycles. The average Bonchev–Trinajstić information content (AvgIpc) is 2.65. The summed E-state index contributed by atoms with van der Waals surface area (Å²) >= 11 is 0. The maximum atomic E-state index is 5.80. The van der Waals surface area contributed by atoms with Gasteiger partial charge in [-0.15, -0.1) is 0 Å². The Morgan fingerprint density at radius 1 is 0.640 bits per heavy atom. The quantitative estimate of drug-likeness (QED) is 0.361. The Balaban J connectivity index is 1.65. The first-order valence-electron chi connectivity index (χ1n) is 10.9. The molecule has 0 radical (unpaired) electrons. The molecule has 0 atom stereocenters. The minimum atomic E-state index is 0.428. The Kier molecular flexibility index (Phi) is 17.0. The highest BCUT2D eigenvalue weighted by molar-refractivity contribution is 4.67. The zero-order valence-corrected chi connectivity index (χ0v) is 16.7. The molecule has 4 nitrogen and oxygen atoms in total. The number of piperidine rings is 1. The van der Waals surface area contributed by atoms with Crippen molar-refractivity contribution >= 4 is 0 Å². The zero-order chi connectivity index (χ0) is 17.8. The predicted octanol–water partition coefficient (Wildman–Crippen LogP) is 4.71. The predicted molar refractivity (Wildman–Crippen MR) is 105 cm³/mol. The second-order valence-corrected chi connectivity index (χ2v) is 7.23. The molecule has 1 saturated heterocycles. The van der Waals surface area contributed by atoms with Crippen LogP contribution < -0.4 is 5.32 Å². The summed E-state index contributed by atoms with van der Waals surface area (Å²) in [5.41, 5.74) is 0. The largest absolute Gasteiger partial charge is 0.379 e. The van der Waals surface area contributed by atoms with E-state index in [2.05, 4.69) is 12.2 Å². The maximum absolute atomic E-state index is 5.80. The van der Waals surface area contributed by atoms with Crippen molar-refractivity contribution < 1.29 is 14.2 Å². The zero-order valence-electron chi connectivity index (χ0n) is 16.7. The Morgan fingerprint density at radius 2 is 1.16 bits per heavy atom. The van der Waals surface area contributed by atoms with Crippen molar-refractivity contribution in [1.82, 2.24) is 5.32 Å². The molecule has 0 bridgehead atoms. The Hall–Kier alpha value is -0.160. The summed E-state index contributed by atoms with van der Waals surface area (Å²) in [6, 6.07) is 0. The van der Waals surface area contributed by atoms with Crippen LogP contribution in [0.1, 0.15) is 84.0 Å². The summed E-state index contributed by atoms with van der Waals surface area (Å²) in [6.45, 7) is 8.12. The summed E-state index contributed by atoms with van der Waals surface area (Å²) < 4.78 is 17.0. The molecule has 0 unspecified atom stereocenters. The molecule has 0 amide bonds. The Labute approximate surface area is 156 Å². The van der Waals surface area contributed by atoms with Crippen molar-refractivity contribution in [3.8, 4) is 0 Å². The molecular formula is C21H43NO3. The smallest absolute Gasteiger partial charge is 0.0704 e. The molecule has 4 heteroatoms. The van der Waals surface area contributed by atoms with Crippen molar-refractivity contribution in [2.45, 2.75) is 90.1 Å². The number of ether oxygens (including phenoxy) is 3. The molecule has 1 rings (SSSR count). The van der Waals surface area contributed by atoms with E-state index >= 15 is 0 Å². The molecule has 0 aromatic heterocycles. The van der Waals surface area contributed by atoms with E-state index in [1.54, 1.807) is 0 Å². The van der Waals surface area contributed by atoms with E-state index in [1.165, 1.54) is 64.2 Å². The van der Waals surface area contributed by atoms with Gasteiger partial charge in [-0.05, 0) is 32.4 Å². The fourth-order valence-corrected chi connectivity index (χ4v) is 3.25. The fraction of sp³-hybridized carbons (Fsp3) is 1.00. The molecule has 150 valence electrons. The lowest BCUT2D eigenvalue weighted by Gasteiger charge is -2.22. The number of rotatable bonds is 18. The summed E-state index contributed by atoms with van der Waals surface area (Å²) in [5.74, 6) is 0. The molecule has 0 aromatic carbocycles. The normalized spacial score (nSPS) is 15.7. The molecular weight excluding hydrogens is 314 g/mol. The SMILES string of the molecule is CCCCCCCCCCCCOCCOCCOC1CCNCC1. The van der Waals surface area contributed by atoms with Crippen molar-refractivity contribution in [2.75, 3.05) is 46.1 Å². The van der Waals surface area contributed by atoms with Gasteiger partial charge in [-0.1, -0.05) is 64.7 Å². The van der Waals surface area contributed by atoms with Crippen LogP contribution in [0.2, 0.25) is 0 Å². The van der Waals surface area contributed by atoms with Gasteiger partial charge in [0.05, 0.1) is 32.5 Å². The molecule has 1 aliphatic rings. The second-order valence-electron chi connectivity index (χ2n) is 7.23. The van der Waals surface area contributed by atoms with Crippen LogP contribution in [-0.2, 0) is 14.2 Å². The molecule has 0 saturated carbocycles. The molecule has 1 aliphatic heterocycles. The summed E-state index contributed by atoms with van der Waals surface area (Å²) in [5, 5.41) is 3.35. The summed E-state index contributed by atoms with van der Waals surface area (Å²) in [4.78, 5) is 0. The van der Waals surface area contributed by atoms with E-state index in [0.717, 1.165) is 32.5 Å². The third-order valence-electron chi connectivity index (χ3n) is 4.88. The minimum absolute atomic E-state index is 0.428.